The first kappa shape index (κ1) is 16.2. The molecule has 1 atom stereocenters. The number of carbonyl (C=O) groups is 1. The minimum absolute atomic E-state index is 0.0847. The van der Waals surface area contributed by atoms with Crippen molar-refractivity contribution < 1.29 is 9.90 Å². The van der Waals surface area contributed by atoms with Crippen molar-refractivity contribution in [3.63, 3.8) is 0 Å². The predicted molar refractivity (Wildman–Crippen MR) is 80.5 cm³/mol. The second-order valence-corrected chi connectivity index (χ2v) is 6.67. The number of hydrogen-bond acceptors (Lipinski definition) is 3. The second kappa shape index (κ2) is 8.33. The monoisotopic (exact) mass is 283 g/mol. The molecule has 1 unspecified atom stereocenters. The highest BCUT2D eigenvalue weighted by Crippen LogP contribution is 2.17. The Hall–Kier alpha value is -0.870. The van der Waals surface area contributed by atoms with E-state index in [0.717, 1.165) is 12.8 Å². The van der Waals surface area contributed by atoms with E-state index in [-0.39, 0.29) is 18.6 Å². The highest BCUT2D eigenvalue weighted by molar-refractivity contribution is 7.11. The van der Waals surface area contributed by atoms with Gasteiger partial charge in [-0.25, -0.2) is 0 Å². The van der Waals surface area contributed by atoms with Gasteiger partial charge in [-0.1, -0.05) is 13.8 Å². The fourth-order valence-electron chi connectivity index (χ4n) is 2.03. The van der Waals surface area contributed by atoms with Crippen LogP contribution in [0, 0.1) is 12.8 Å². The molecule has 0 bridgehead atoms. The van der Waals surface area contributed by atoms with Crippen LogP contribution >= 0.6 is 11.3 Å². The summed E-state index contributed by atoms with van der Waals surface area (Å²) in [6.07, 6.45) is 3.05. The van der Waals surface area contributed by atoms with Gasteiger partial charge in [0, 0.05) is 28.8 Å². The van der Waals surface area contributed by atoms with Crippen LogP contribution in [0.3, 0.4) is 0 Å². The lowest BCUT2D eigenvalue weighted by Crippen LogP contribution is -2.39. The summed E-state index contributed by atoms with van der Waals surface area (Å²) in [5.74, 6) is 0.455. The molecule has 2 N–H and O–H groups in total. The number of carbonyl (C=O) groups excluding carboxylic acids is 1. The molecule has 0 aliphatic carbocycles. The molecule has 0 aliphatic heterocycles. The number of aliphatic hydroxyl groups is 1. The topological polar surface area (TPSA) is 49.3 Å². The lowest BCUT2D eigenvalue weighted by Gasteiger charge is -2.21. The number of aryl methyl sites for hydroxylation is 2. The third-order valence-electron chi connectivity index (χ3n) is 3.21. The van der Waals surface area contributed by atoms with Gasteiger partial charge < -0.3 is 10.4 Å². The van der Waals surface area contributed by atoms with Crippen LogP contribution < -0.4 is 5.32 Å². The first-order valence-electron chi connectivity index (χ1n) is 6.98. The standard InChI is InChI=1S/C15H25NO2S/c1-11(2)14(9-10-17)16-15(18)6-4-5-13-8-7-12(3)19-13/h7-8,11,14,17H,4-6,9-10H2,1-3H3,(H,16,18). The average molecular weight is 283 g/mol. The fraction of sp³-hybridized carbons (Fsp3) is 0.667. The first-order valence-corrected chi connectivity index (χ1v) is 7.80. The Balaban J connectivity index is 2.26. The average Bonchev–Trinajstić information content (AvgIpc) is 2.74. The van der Waals surface area contributed by atoms with Crippen LogP contribution in [0.1, 0.15) is 42.9 Å². The van der Waals surface area contributed by atoms with Crippen LogP contribution in [0.2, 0.25) is 0 Å². The van der Waals surface area contributed by atoms with Gasteiger partial charge in [0.15, 0.2) is 0 Å². The Kier molecular flexibility index (Phi) is 7.10. The van der Waals surface area contributed by atoms with Crippen molar-refractivity contribution in [2.45, 2.75) is 52.5 Å². The third kappa shape index (κ3) is 6.21. The number of nitrogens with one attached hydrogen (secondary N) is 1. The summed E-state index contributed by atoms with van der Waals surface area (Å²) in [6, 6.07) is 4.35. The van der Waals surface area contributed by atoms with Gasteiger partial charge in [0.25, 0.3) is 0 Å². The molecule has 0 fully saturated rings. The van der Waals surface area contributed by atoms with Gasteiger partial charge in [-0.05, 0) is 44.2 Å². The van der Waals surface area contributed by atoms with E-state index < -0.39 is 0 Å². The van der Waals surface area contributed by atoms with Crippen molar-refractivity contribution in [3.05, 3.63) is 21.9 Å². The normalized spacial score (nSPS) is 12.7. The van der Waals surface area contributed by atoms with Gasteiger partial charge >= 0.3 is 0 Å². The minimum Gasteiger partial charge on any atom is -0.396 e. The number of aliphatic hydroxyl groups excluding tert-OH is 1. The Morgan fingerprint density at radius 3 is 2.68 bits per heavy atom. The van der Waals surface area contributed by atoms with Crippen LogP contribution in [0.4, 0.5) is 0 Å². The van der Waals surface area contributed by atoms with E-state index in [0.29, 0.717) is 18.8 Å². The first-order chi connectivity index (χ1) is 9.02. The molecule has 1 amide bonds. The van der Waals surface area contributed by atoms with E-state index in [1.165, 1.54) is 9.75 Å². The molecule has 0 saturated carbocycles. The molecule has 1 aromatic rings. The van der Waals surface area contributed by atoms with Crippen molar-refractivity contribution in [3.8, 4) is 0 Å². The summed E-state index contributed by atoms with van der Waals surface area (Å²) >= 11 is 1.80. The van der Waals surface area contributed by atoms with Gasteiger partial charge in [-0.15, -0.1) is 11.3 Å². The highest BCUT2D eigenvalue weighted by Gasteiger charge is 2.15. The molecule has 108 valence electrons. The van der Waals surface area contributed by atoms with Crippen molar-refractivity contribution in [2.75, 3.05) is 6.61 Å². The quantitative estimate of drug-likeness (QED) is 0.770. The molecule has 0 spiro atoms. The summed E-state index contributed by atoms with van der Waals surface area (Å²) in [5, 5.41) is 12.0. The van der Waals surface area contributed by atoms with Gasteiger partial charge in [0.2, 0.25) is 5.91 Å². The van der Waals surface area contributed by atoms with Crippen molar-refractivity contribution in [1.29, 1.82) is 0 Å². The van der Waals surface area contributed by atoms with Crippen LogP contribution in [0.25, 0.3) is 0 Å². The van der Waals surface area contributed by atoms with Crippen LogP contribution in [0.15, 0.2) is 12.1 Å². The molecule has 1 rings (SSSR count). The maximum absolute atomic E-state index is 11.8. The molecular weight excluding hydrogens is 258 g/mol. The van der Waals surface area contributed by atoms with E-state index in [2.05, 4.69) is 38.2 Å². The molecule has 0 radical (unpaired) electrons. The SMILES string of the molecule is Cc1ccc(CCCC(=O)NC(CCO)C(C)C)s1. The van der Waals surface area contributed by atoms with Crippen molar-refractivity contribution in [2.24, 2.45) is 5.92 Å². The summed E-state index contributed by atoms with van der Waals surface area (Å²) in [7, 11) is 0. The highest BCUT2D eigenvalue weighted by atomic mass is 32.1. The summed E-state index contributed by atoms with van der Waals surface area (Å²) < 4.78 is 0. The van der Waals surface area contributed by atoms with Crippen LogP contribution in [-0.4, -0.2) is 23.7 Å². The number of amides is 1. The Morgan fingerprint density at radius 2 is 2.16 bits per heavy atom. The Morgan fingerprint density at radius 1 is 1.42 bits per heavy atom. The Bertz CT molecular complexity index is 387. The van der Waals surface area contributed by atoms with Crippen molar-refractivity contribution in [1.82, 2.24) is 5.32 Å². The van der Waals surface area contributed by atoms with Gasteiger partial charge in [-0.3, -0.25) is 4.79 Å². The molecule has 3 nitrogen and oxygen atoms in total. The fourth-order valence-corrected chi connectivity index (χ4v) is 2.96. The third-order valence-corrected chi connectivity index (χ3v) is 4.27. The molecule has 0 saturated heterocycles. The maximum atomic E-state index is 11.8. The minimum atomic E-state index is 0.0847. The Labute approximate surface area is 120 Å². The second-order valence-electron chi connectivity index (χ2n) is 5.30. The summed E-state index contributed by atoms with van der Waals surface area (Å²) in [6.45, 7) is 6.35. The summed E-state index contributed by atoms with van der Waals surface area (Å²) in [5.41, 5.74) is 0. The van der Waals surface area contributed by atoms with E-state index in [4.69, 9.17) is 5.11 Å². The zero-order valence-corrected chi connectivity index (χ0v) is 12.9. The molecule has 1 aromatic heterocycles. The molecule has 0 aromatic carbocycles. The van der Waals surface area contributed by atoms with E-state index in [1.807, 2.05) is 0 Å². The van der Waals surface area contributed by atoms with E-state index in [9.17, 15) is 4.79 Å². The maximum Gasteiger partial charge on any atom is 0.220 e. The predicted octanol–water partition coefficient (Wildman–Crippen LogP) is 2.90. The van der Waals surface area contributed by atoms with Crippen LogP contribution in [0.5, 0.6) is 0 Å². The zero-order chi connectivity index (χ0) is 14.3. The van der Waals surface area contributed by atoms with Gasteiger partial charge in [-0.2, -0.15) is 0 Å². The molecule has 19 heavy (non-hydrogen) atoms. The molecule has 0 aliphatic rings. The van der Waals surface area contributed by atoms with E-state index in [1.54, 1.807) is 11.3 Å². The number of hydrogen-bond donors (Lipinski definition) is 2. The van der Waals surface area contributed by atoms with Crippen LogP contribution in [-0.2, 0) is 11.2 Å². The van der Waals surface area contributed by atoms with E-state index >= 15 is 0 Å². The van der Waals surface area contributed by atoms with Gasteiger partial charge in [0.1, 0.15) is 0 Å². The molecule has 4 heteroatoms. The lowest BCUT2D eigenvalue weighted by molar-refractivity contribution is -0.122. The summed E-state index contributed by atoms with van der Waals surface area (Å²) in [4.78, 5) is 14.5. The largest absolute Gasteiger partial charge is 0.396 e. The zero-order valence-electron chi connectivity index (χ0n) is 12.1. The number of rotatable bonds is 8. The lowest BCUT2D eigenvalue weighted by atomic mass is 10.0. The molecule has 1 heterocycles. The smallest absolute Gasteiger partial charge is 0.220 e. The molecular formula is C15H25NO2S. The van der Waals surface area contributed by atoms with Crippen molar-refractivity contribution >= 4 is 17.2 Å². The number of thiophene rings is 1. The van der Waals surface area contributed by atoms with Gasteiger partial charge in [0.05, 0.1) is 0 Å².